The third-order valence-electron chi connectivity index (χ3n) is 9.99. The van der Waals surface area contributed by atoms with E-state index >= 15 is 0 Å². The average molecular weight is 915 g/mol. The van der Waals surface area contributed by atoms with Crippen LogP contribution >= 0.6 is 0 Å². The van der Waals surface area contributed by atoms with Gasteiger partial charge in [0.05, 0.1) is 28.5 Å². The van der Waals surface area contributed by atoms with Gasteiger partial charge in [-0.05, 0) is 51.1 Å². The molecule has 0 aliphatic carbocycles. The van der Waals surface area contributed by atoms with E-state index in [2.05, 4.69) is 153 Å². The summed E-state index contributed by atoms with van der Waals surface area (Å²) in [6.07, 6.45) is 3.69. The monoisotopic (exact) mass is 914 g/mol. The Bertz CT molecular complexity index is 2510. The topological polar surface area (TPSA) is 76.5 Å². The average Bonchev–Trinajstić information content (AvgIpc) is 3.67. The molecule has 8 heteroatoms. The number of benzene rings is 3. The number of phenols is 1. The number of fused-ring (bicyclic) bond motifs is 3. The molecule has 282 valence electrons. The standard InChI is InChI=1S/C46H51N4O2Si.Pt/c1-44(2,3)32-21-30(36-23-29(18-19-47-36)28-16-14-13-15-17-28)20-31(22-32)40-42-38(50-39(52-42)27-48-43(50)53(10,11)12)26-37(49-40)34-24-33(45(4,5)6)25-35(41(34)51)46(7,8)9;/h13-19,21-27,51H,1-12H3;/q-1;. The van der Waals surface area contributed by atoms with Gasteiger partial charge in [0.1, 0.15) is 19.4 Å². The van der Waals surface area contributed by atoms with Crippen LogP contribution in [0.4, 0.5) is 0 Å². The minimum atomic E-state index is -1.91. The zero-order valence-electron chi connectivity index (χ0n) is 33.5. The van der Waals surface area contributed by atoms with Crippen LogP contribution in [0.5, 0.6) is 5.75 Å². The molecule has 0 amide bonds. The first-order valence-electron chi connectivity index (χ1n) is 18.5. The van der Waals surface area contributed by atoms with E-state index in [4.69, 9.17) is 19.4 Å². The zero-order valence-corrected chi connectivity index (χ0v) is 36.8. The van der Waals surface area contributed by atoms with Crippen molar-refractivity contribution in [3.8, 4) is 50.6 Å². The molecule has 1 N–H and O–H groups in total. The van der Waals surface area contributed by atoms with Crippen molar-refractivity contribution in [1.82, 2.24) is 19.4 Å². The Morgan fingerprint density at radius 1 is 0.704 bits per heavy atom. The summed E-state index contributed by atoms with van der Waals surface area (Å²) in [6, 6.07) is 29.0. The number of phenolic OH excluding ortho intramolecular Hbond substituents is 1. The molecule has 0 aliphatic heterocycles. The van der Waals surface area contributed by atoms with Gasteiger partial charge < -0.3 is 9.52 Å². The number of hydrogen-bond acceptors (Lipinski definition) is 5. The fraction of sp³-hybridized carbons (Fsp3) is 0.326. The maximum atomic E-state index is 12.1. The van der Waals surface area contributed by atoms with Crippen LogP contribution < -0.4 is 5.45 Å². The predicted octanol–water partition coefficient (Wildman–Crippen LogP) is 11.5. The Hall–Kier alpha value is -4.32. The second-order valence-electron chi connectivity index (χ2n) is 18.5. The van der Waals surface area contributed by atoms with Crippen LogP contribution in [0.2, 0.25) is 19.6 Å². The maximum absolute atomic E-state index is 12.1. The van der Waals surface area contributed by atoms with Gasteiger partial charge in [-0.15, -0.1) is 23.8 Å². The number of oxazole rings is 1. The fourth-order valence-corrected chi connectivity index (χ4v) is 8.23. The third kappa shape index (κ3) is 7.37. The molecule has 0 spiro atoms. The molecule has 0 bridgehead atoms. The second kappa shape index (κ2) is 13.8. The molecule has 6 nitrogen and oxygen atoms in total. The third-order valence-corrected chi connectivity index (χ3v) is 11.7. The van der Waals surface area contributed by atoms with Crippen molar-refractivity contribution in [2.24, 2.45) is 0 Å². The number of hydrogen-bond donors (Lipinski definition) is 1. The molecule has 0 saturated carbocycles. The summed E-state index contributed by atoms with van der Waals surface area (Å²) in [4.78, 5) is 15.1. The summed E-state index contributed by atoms with van der Waals surface area (Å²) < 4.78 is 8.86. The minimum Gasteiger partial charge on any atom is -0.507 e. The van der Waals surface area contributed by atoms with Gasteiger partial charge in [-0.1, -0.05) is 136 Å². The van der Waals surface area contributed by atoms with Crippen molar-refractivity contribution in [3.63, 3.8) is 0 Å². The second-order valence-corrected chi connectivity index (χ2v) is 23.4. The largest absolute Gasteiger partial charge is 0.507 e. The van der Waals surface area contributed by atoms with E-state index in [-0.39, 0.29) is 43.1 Å². The quantitative estimate of drug-likeness (QED) is 0.138. The van der Waals surface area contributed by atoms with Crippen LogP contribution in [-0.2, 0) is 37.3 Å². The Labute approximate surface area is 335 Å². The summed E-state index contributed by atoms with van der Waals surface area (Å²) >= 11 is 0. The van der Waals surface area contributed by atoms with E-state index in [0.29, 0.717) is 28.2 Å². The Balaban J connectivity index is 0.00000497. The zero-order chi connectivity index (χ0) is 38.2. The van der Waals surface area contributed by atoms with Gasteiger partial charge in [0, 0.05) is 44.1 Å². The van der Waals surface area contributed by atoms with Crippen LogP contribution in [0.15, 0.2) is 89.6 Å². The predicted molar refractivity (Wildman–Crippen MR) is 222 cm³/mol. The molecule has 4 heterocycles. The van der Waals surface area contributed by atoms with Crippen molar-refractivity contribution < 1.29 is 30.6 Å². The first-order chi connectivity index (χ1) is 24.7. The first-order valence-corrected chi connectivity index (χ1v) is 22.0. The van der Waals surface area contributed by atoms with Gasteiger partial charge in [-0.3, -0.25) is 14.4 Å². The number of rotatable bonds is 5. The fourth-order valence-electron chi connectivity index (χ4n) is 6.87. The number of nitrogens with zero attached hydrogens (tertiary/aromatic N) is 4. The van der Waals surface area contributed by atoms with Gasteiger partial charge >= 0.3 is 0 Å². The smallest absolute Gasteiger partial charge is 0.223 e. The van der Waals surface area contributed by atoms with Crippen molar-refractivity contribution in [2.75, 3.05) is 0 Å². The van der Waals surface area contributed by atoms with Gasteiger partial charge in [0.25, 0.3) is 0 Å². The van der Waals surface area contributed by atoms with Crippen molar-refractivity contribution >= 4 is 30.3 Å². The molecule has 0 radical (unpaired) electrons. The molecular formula is C46H51N4O2PtSi-. The van der Waals surface area contributed by atoms with E-state index in [1.165, 1.54) is 0 Å². The van der Waals surface area contributed by atoms with E-state index in [9.17, 15) is 5.11 Å². The van der Waals surface area contributed by atoms with Crippen LogP contribution in [0.1, 0.15) is 79.0 Å². The molecule has 0 atom stereocenters. The van der Waals surface area contributed by atoms with Gasteiger partial charge in [0.15, 0.2) is 0 Å². The molecule has 54 heavy (non-hydrogen) atoms. The summed E-state index contributed by atoms with van der Waals surface area (Å²) in [5.74, 6) is 0.245. The van der Waals surface area contributed by atoms with Gasteiger partial charge in [-0.25, -0.2) is 4.98 Å². The maximum Gasteiger partial charge on any atom is 0.223 e. The van der Waals surface area contributed by atoms with Crippen molar-refractivity contribution in [3.05, 3.63) is 108 Å². The molecule has 4 aromatic heterocycles. The number of aromatic hydroxyl groups is 1. The molecule has 0 saturated heterocycles. The van der Waals surface area contributed by atoms with Crippen LogP contribution in [-0.4, -0.2) is 32.5 Å². The molecule has 7 aromatic rings. The molecule has 0 aliphatic rings. The summed E-state index contributed by atoms with van der Waals surface area (Å²) in [6.45, 7) is 26.6. The van der Waals surface area contributed by atoms with E-state index in [1.807, 2.05) is 24.5 Å². The minimum absolute atomic E-state index is 0. The number of imidazole rings is 1. The van der Waals surface area contributed by atoms with Crippen LogP contribution in [0.25, 0.3) is 61.7 Å². The van der Waals surface area contributed by atoms with Crippen molar-refractivity contribution in [2.45, 2.75) is 98.2 Å². The van der Waals surface area contributed by atoms with Crippen molar-refractivity contribution in [1.29, 1.82) is 0 Å². The van der Waals surface area contributed by atoms with Crippen LogP contribution in [0.3, 0.4) is 0 Å². The number of pyridine rings is 2. The van der Waals surface area contributed by atoms with E-state index < -0.39 is 8.07 Å². The Morgan fingerprint density at radius 3 is 1.98 bits per heavy atom. The first kappa shape index (κ1) is 39.4. The molecule has 0 fully saturated rings. The number of aromatic nitrogens is 4. The molecule has 3 aromatic carbocycles. The van der Waals surface area contributed by atoms with Crippen LogP contribution in [0, 0.1) is 6.07 Å². The van der Waals surface area contributed by atoms with E-state index in [0.717, 1.165) is 55.6 Å². The van der Waals surface area contributed by atoms with Gasteiger partial charge in [-0.2, -0.15) is 0 Å². The summed E-state index contributed by atoms with van der Waals surface area (Å²) in [7, 11) is -1.91. The normalized spacial score (nSPS) is 12.7. The summed E-state index contributed by atoms with van der Waals surface area (Å²) in [5, 5.41) is 12.1. The van der Waals surface area contributed by atoms with Gasteiger partial charge in [0.2, 0.25) is 5.71 Å². The summed E-state index contributed by atoms with van der Waals surface area (Å²) in [5.41, 5.74) is 12.5. The Morgan fingerprint density at radius 2 is 1.35 bits per heavy atom. The molecule has 7 rings (SSSR count). The molecular weight excluding hydrogens is 864 g/mol. The van der Waals surface area contributed by atoms with E-state index in [1.54, 1.807) is 0 Å². The molecule has 0 unspecified atom stereocenters. The Kier molecular flexibility index (Phi) is 10.0. The SMILES string of the molecule is CC(C)(C)c1cc(-c2cc(-c3ccccc3)ccn2)[c-]c(-c2nc(-c3cc(C(C)(C)C)cc(C(C)(C)C)c3O)cc3c2oc2cnc([Si](C)(C)C)n23)c1.[Pt].